The highest BCUT2D eigenvalue weighted by molar-refractivity contribution is 5.53. The van der Waals surface area contributed by atoms with Gasteiger partial charge in [0.2, 0.25) is 6.08 Å². The highest BCUT2D eigenvalue weighted by Gasteiger charge is 1.95. The summed E-state index contributed by atoms with van der Waals surface area (Å²) in [4.78, 5) is 13.4. The molecule has 1 rings (SSSR count). The topological polar surface area (TPSA) is 55.4 Å². The van der Waals surface area contributed by atoms with Crippen molar-refractivity contribution in [2.45, 2.75) is 6.54 Å². The average Bonchev–Trinajstić information content (AvgIpc) is 2.06. The number of hydrogen-bond acceptors (Lipinski definition) is 3. The van der Waals surface area contributed by atoms with Crippen molar-refractivity contribution in [1.82, 2.24) is 0 Å². The highest BCUT2D eigenvalue weighted by atomic mass is 16.1. The summed E-state index contributed by atoms with van der Waals surface area (Å²) < 4.78 is 0. The van der Waals surface area contributed by atoms with Crippen LogP contribution in [0.1, 0.15) is 5.56 Å². The fourth-order valence-corrected chi connectivity index (χ4v) is 0.842. The van der Waals surface area contributed by atoms with E-state index in [1.165, 1.54) is 6.08 Å². The van der Waals surface area contributed by atoms with Crippen LogP contribution in [0.3, 0.4) is 0 Å². The van der Waals surface area contributed by atoms with Crippen LogP contribution in [-0.2, 0) is 11.3 Å². The zero-order chi connectivity index (χ0) is 8.10. The second-order valence-corrected chi connectivity index (χ2v) is 2.04. The lowest BCUT2D eigenvalue weighted by Crippen LogP contribution is -1.95. The van der Waals surface area contributed by atoms with Crippen LogP contribution >= 0.6 is 0 Å². The molecule has 0 saturated heterocycles. The normalized spacial score (nSPS) is 8.82. The molecule has 0 atom stereocenters. The lowest BCUT2D eigenvalue weighted by atomic mass is 10.2. The minimum absolute atomic E-state index is 0.390. The molecule has 0 aliphatic heterocycles. The molecule has 2 N–H and O–H groups in total. The monoisotopic (exact) mass is 148 g/mol. The van der Waals surface area contributed by atoms with Crippen molar-refractivity contribution in [3.63, 3.8) is 0 Å². The van der Waals surface area contributed by atoms with E-state index in [9.17, 15) is 4.79 Å². The number of nitrogens with zero attached hydrogens (tertiary/aromatic N) is 1. The first-order chi connectivity index (χ1) is 5.38. The highest BCUT2D eigenvalue weighted by Crippen LogP contribution is 2.16. The van der Waals surface area contributed by atoms with Gasteiger partial charge in [0.05, 0.1) is 5.69 Å². The molecule has 0 aliphatic rings. The Bertz CT molecular complexity index is 290. The van der Waals surface area contributed by atoms with Crippen LogP contribution in [0.5, 0.6) is 0 Å². The number of nitrogens with two attached hydrogens (primary N) is 1. The third-order valence-electron chi connectivity index (χ3n) is 1.38. The predicted molar refractivity (Wildman–Crippen MR) is 42.1 cm³/mol. The molecule has 3 nitrogen and oxygen atoms in total. The van der Waals surface area contributed by atoms with Gasteiger partial charge in [0.15, 0.2) is 0 Å². The maximum absolute atomic E-state index is 9.91. The number of para-hydroxylation sites is 1. The Kier molecular flexibility index (Phi) is 2.55. The Labute approximate surface area is 64.6 Å². The molecule has 3 heteroatoms. The van der Waals surface area contributed by atoms with Gasteiger partial charge in [-0.1, -0.05) is 18.2 Å². The fourth-order valence-electron chi connectivity index (χ4n) is 0.842. The van der Waals surface area contributed by atoms with Crippen LogP contribution < -0.4 is 5.73 Å². The largest absolute Gasteiger partial charge is 0.326 e. The first-order valence-corrected chi connectivity index (χ1v) is 3.24. The van der Waals surface area contributed by atoms with Gasteiger partial charge < -0.3 is 5.73 Å². The second-order valence-electron chi connectivity index (χ2n) is 2.04. The van der Waals surface area contributed by atoms with E-state index in [1.54, 1.807) is 12.1 Å². The summed E-state index contributed by atoms with van der Waals surface area (Å²) in [7, 11) is 0. The number of isocyanates is 1. The molecule has 0 amide bonds. The van der Waals surface area contributed by atoms with Crippen molar-refractivity contribution in [3.8, 4) is 0 Å². The van der Waals surface area contributed by atoms with Crippen molar-refractivity contribution >= 4 is 11.8 Å². The lowest BCUT2D eigenvalue weighted by molar-refractivity contribution is 0.565. The molecule has 56 valence electrons. The molecule has 11 heavy (non-hydrogen) atoms. The smallest absolute Gasteiger partial charge is 0.240 e. The summed E-state index contributed by atoms with van der Waals surface area (Å²) in [5.74, 6) is 0. The Morgan fingerprint density at radius 1 is 1.45 bits per heavy atom. The van der Waals surface area contributed by atoms with E-state index in [0.29, 0.717) is 12.2 Å². The molecule has 0 aromatic heterocycles. The van der Waals surface area contributed by atoms with Gasteiger partial charge in [0, 0.05) is 6.54 Å². The molecular weight excluding hydrogens is 140 g/mol. The summed E-state index contributed by atoms with van der Waals surface area (Å²) in [5.41, 5.74) is 6.85. The molecule has 0 saturated carbocycles. The SMILES string of the molecule is NCc1ccccc1N=C=O. The Morgan fingerprint density at radius 3 is 2.82 bits per heavy atom. The predicted octanol–water partition coefficient (Wildman–Crippen LogP) is 1.11. The second kappa shape index (κ2) is 3.66. The standard InChI is InChI=1S/C8H8N2O/c9-5-7-3-1-2-4-8(7)10-6-11/h1-4H,5,9H2. The Morgan fingerprint density at radius 2 is 2.18 bits per heavy atom. The quantitative estimate of drug-likeness (QED) is 0.504. The zero-order valence-electron chi connectivity index (χ0n) is 5.95. The van der Waals surface area contributed by atoms with Crippen molar-refractivity contribution in [1.29, 1.82) is 0 Å². The maximum Gasteiger partial charge on any atom is 0.240 e. The van der Waals surface area contributed by atoms with Gasteiger partial charge in [0.1, 0.15) is 0 Å². The fraction of sp³-hybridized carbons (Fsp3) is 0.125. The Hall–Kier alpha value is -1.44. The summed E-state index contributed by atoms with van der Waals surface area (Å²) in [6.07, 6.45) is 1.48. The van der Waals surface area contributed by atoms with E-state index in [4.69, 9.17) is 5.73 Å². The third-order valence-corrected chi connectivity index (χ3v) is 1.38. The van der Waals surface area contributed by atoms with Crippen molar-refractivity contribution < 1.29 is 4.79 Å². The first-order valence-electron chi connectivity index (χ1n) is 3.24. The molecule has 0 unspecified atom stereocenters. The molecule has 0 radical (unpaired) electrons. The summed E-state index contributed by atoms with van der Waals surface area (Å²) in [6, 6.07) is 7.21. The molecular formula is C8H8N2O. The minimum Gasteiger partial charge on any atom is -0.326 e. The van der Waals surface area contributed by atoms with Gasteiger partial charge in [0.25, 0.3) is 0 Å². The number of rotatable bonds is 2. The van der Waals surface area contributed by atoms with Gasteiger partial charge in [-0.2, -0.15) is 4.99 Å². The van der Waals surface area contributed by atoms with E-state index >= 15 is 0 Å². The van der Waals surface area contributed by atoms with Crippen molar-refractivity contribution in [3.05, 3.63) is 29.8 Å². The zero-order valence-corrected chi connectivity index (χ0v) is 5.95. The molecule has 0 bridgehead atoms. The van der Waals surface area contributed by atoms with Crippen LogP contribution in [0.15, 0.2) is 29.3 Å². The molecule has 0 aliphatic carbocycles. The Balaban J connectivity index is 3.11. The molecule has 0 fully saturated rings. The molecule has 1 aromatic rings. The van der Waals surface area contributed by atoms with Gasteiger partial charge >= 0.3 is 0 Å². The number of benzene rings is 1. The van der Waals surface area contributed by atoms with E-state index < -0.39 is 0 Å². The van der Waals surface area contributed by atoms with Crippen LogP contribution in [-0.4, -0.2) is 6.08 Å². The van der Waals surface area contributed by atoms with Crippen LogP contribution in [0, 0.1) is 0 Å². The van der Waals surface area contributed by atoms with Gasteiger partial charge in [-0.3, -0.25) is 0 Å². The molecule has 0 spiro atoms. The number of carbonyl (C=O) groups excluding carboxylic acids is 1. The van der Waals surface area contributed by atoms with Gasteiger partial charge in [-0.05, 0) is 11.6 Å². The van der Waals surface area contributed by atoms with Gasteiger partial charge in [-0.15, -0.1) is 0 Å². The van der Waals surface area contributed by atoms with Crippen LogP contribution in [0.4, 0.5) is 5.69 Å². The minimum atomic E-state index is 0.390. The maximum atomic E-state index is 9.91. The molecule has 0 heterocycles. The summed E-state index contributed by atoms with van der Waals surface area (Å²) >= 11 is 0. The van der Waals surface area contributed by atoms with Crippen molar-refractivity contribution in [2.75, 3.05) is 0 Å². The van der Waals surface area contributed by atoms with Crippen molar-refractivity contribution in [2.24, 2.45) is 10.7 Å². The van der Waals surface area contributed by atoms with Crippen LogP contribution in [0.2, 0.25) is 0 Å². The van der Waals surface area contributed by atoms with Crippen LogP contribution in [0.25, 0.3) is 0 Å². The van der Waals surface area contributed by atoms with E-state index in [2.05, 4.69) is 4.99 Å². The lowest BCUT2D eigenvalue weighted by Gasteiger charge is -1.97. The third kappa shape index (κ3) is 1.74. The van der Waals surface area contributed by atoms with E-state index in [1.807, 2.05) is 12.1 Å². The van der Waals surface area contributed by atoms with E-state index in [0.717, 1.165) is 5.56 Å². The molecule has 1 aromatic carbocycles. The summed E-state index contributed by atoms with van der Waals surface area (Å²) in [5, 5.41) is 0. The van der Waals surface area contributed by atoms with E-state index in [-0.39, 0.29) is 0 Å². The average molecular weight is 148 g/mol. The first kappa shape index (κ1) is 7.66. The number of aliphatic imine (C=N–C) groups is 1. The summed E-state index contributed by atoms with van der Waals surface area (Å²) in [6.45, 7) is 0.390. The number of hydrogen-bond donors (Lipinski definition) is 1. The van der Waals surface area contributed by atoms with Gasteiger partial charge in [-0.25, -0.2) is 4.79 Å².